The van der Waals surface area contributed by atoms with Crippen LogP contribution in [0.3, 0.4) is 0 Å². The monoisotopic (exact) mass is 274 g/mol. The van der Waals surface area contributed by atoms with Gasteiger partial charge in [-0.2, -0.15) is 0 Å². The molecule has 2 aromatic rings. The van der Waals surface area contributed by atoms with Crippen LogP contribution in [-0.4, -0.2) is 5.11 Å². The Hall–Kier alpha value is -2.00. The molecule has 0 atom stereocenters. The lowest BCUT2D eigenvalue weighted by atomic mass is 9.98. The summed E-state index contributed by atoms with van der Waals surface area (Å²) < 4.78 is 5.26. The van der Waals surface area contributed by atoms with Crippen LogP contribution in [0.1, 0.15) is 18.4 Å². The molecular formula is C15H11ClO3. The number of rotatable bonds is 1. The van der Waals surface area contributed by atoms with Crippen LogP contribution in [0.5, 0.6) is 0 Å². The van der Waals surface area contributed by atoms with Crippen molar-refractivity contribution in [1.82, 2.24) is 0 Å². The zero-order valence-electron chi connectivity index (χ0n) is 10.0. The van der Waals surface area contributed by atoms with Crippen molar-refractivity contribution in [3.63, 3.8) is 0 Å². The number of hydrogen-bond acceptors (Lipinski definition) is 3. The number of benzene rings is 1. The fourth-order valence-electron chi connectivity index (χ4n) is 2.17. The zero-order chi connectivity index (χ0) is 13.4. The molecule has 0 saturated heterocycles. The quantitative estimate of drug-likeness (QED) is 0.798. The van der Waals surface area contributed by atoms with Gasteiger partial charge in [0, 0.05) is 28.5 Å². The molecule has 3 nitrogen and oxygen atoms in total. The standard InChI is InChI=1S/C15H11ClO3/c16-10-6-5-9-7-12(15(18)19-14(9)8-10)11-3-1-2-4-13(11)17/h1,3,5-8,17H,2,4H2. The number of aliphatic hydroxyl groups is 1. The summed E-state index contributed by atoms with van der Waals surface area (Å²) in [5.74, 6) is 0.225. The molecular weight excluding hydrogens is 264 g/mol. The Morgan fingerprint density at radius 1 is 1.26 bits per heavy atom. The smallest absolute Gasteiger partial charge is 0.344 e. The molecule has 4 heteroatoms. The van der Waals surface area contributed by atoms with Gasteiger partial charge >= 0.3 is 5.63 Å². The Kier molecular flexibility index (Phi) is 2.91. The Morgan fingerprint density at radius 2 is 2.11 bits per heavy atom. The number of halogens is 1. The summed E-state index contributed by atoms with van der Waals surface area (Å²) in [5, 5.41) is 11.2. The maximum Gasteiger partial charge on any atom is 0.344 e. The average Bonchev–Trinajstić information content (AvgIpc) is 2.39. The van der Waals surface area contributed by atoms with Crippen LogP contribution in [0, 0.1) is 0 Å². The summed E-state index contributed by atoms with van der Waals surface area (Å²) in [6.07, 6.45) is 5.02. The van der Waals surface area contributed by atoms with E-state index in [9.17, 15) is 9.90 Å². The highest BCUT2D eigenvalue weighted by Gasteiger charge is 2.14. The molecule has 0 aliphatic heterocycles. The van der Waals surface area contributed by atoms with E-state index in [4.69, 9.17) is 16.0 Å². The van der Waals surface area contributed by atoms with Crippen LogP contribution in [0.15, 0.2) is 51.4 Å². The van der Waals surface area contributed by atoms with E-state index >= 15 is 0 Å². The molecule has 0 spiro atoms. The van der Waals surface area contributed by atoms with E-state index in [1.54, 1.807) is 30.3 Å². The molecule has 19 heavy (non-hydrogen) atoms. The minimum atomic E-state index is -0.470. The zero-order valence-corrected chi connectivity index (χ0v) is 10.8. The van der Waals surface area contributed by atoms with Gasteiger partial charge in [0.2, 0.25) is 0 Å². The molecule has 0 amide bonds. The minimum Gasteiger partial charge on any atom is -0.512 e. The minimum absolute atomic E-state index is 0.225. The fourth-order valence-corrected chi connectivity index (χ4v) is 2.33. The summed E-state index contributed by atoms with van der Waals surface area (Å²) in [5.41, 5.74) is 0.893. The second-order valence-electron chi connectivity index (χ2n) is 4.43. The van der Waals surface area contributed by atoms with Gasteiger partial charge in [0.1, 0.15) is 11.3 Å². The van der Waals surface area contributed by atoms with E-state index in [0.29, 0.717) is 28.2 Å². The SMILES string of the molecule is O=c1oc2cc(Cl)ccc2cc1C1=C(O)CCC=C1. The van der Waals surface area contributed by atoms with Crippen LogP contribution in [-0.2, 0) is 0 Å². The molecule has 1 aromatic carbocycles. The molecule has 0 unspecified atom stereocenters. The molecule has 0 saturated carbocycles. The van der Waals surface area contributed by atoms with Gasteiger partial charge in [0.05, 0.1) is 5.56 Å². The third-order valence-corrected chi connectivity index (χ3v) is 3.37. The lowest BCUT2D eigenvalue weighted by molar-refractivity contribution is 0.391. The summed E-state index contributed by atoms with van der Waals surface area (Å²) in [7, 11) is 0. The van der Waals surface area contributed by atoms with Crippen LogP contribution in [0.25, 0.3) is 16.5 Å². The van der Waals surface area contributed by atoms with E-state index in [0.717, 1.165) is 11.8 Å². The molecule has 1 aromatic heterocycles. The lowest BCUT2D eigenvalue weighted by Crippen LogP contribution is -2.08. The van der Waals surface area contributed by atoms with Gasteiger partial charge in [0.25, 0.3) is 0 Å². The highest BCUT2D eigenvalue weighted by Crippen LogP contribution is 2.26. The Morgan fingerprint density at radius 3 is 2.89 bits per heavy atom. The number of aliphatic hydroxyl groups excluding tert-OH is 1. The molecule has 1 aliphatic rings. The Bertz CT molecular complexity index is 769. The van der Waals surface area contributed by atoms with E-state index in [-0.39, 0.29) is 5.76 Å². The third-order valence-electron chi connectivity index (χ3n) is 3.13. The number of hydrogen-bond donors (Lipinski definition) is 1. The lowest BCUT2D eigenvalue weighted by Gasteiger charge is -2.10. The normalized spacial score (nSPS) is 15.2. The highest BCUT2D eigenvalue weighted by atomic mass is 35.5. The Labute approximate surface area is 114 Å². The first-order chi connectivity index (χ1) is 9.15. The summed E-state index contributed by atoms with van der Waals surface area (Å²) in [6.45, 7) is 0. The van der Waals surface area contributed by atoms with Crippen molar-refractivity contribution in [3.05, 3.63) is 63.2 Å². The van der Waals surface area contributed by atoms with Gasteiger partial charge in [-0.1, -0.05) is 23.8 Å². The first-order valence-electron chi connectivity index (χ1n) is 5.97. The molecule has 96 valence electrons. The van der Waals surface area contributed by atoms with E-state index in [1.165, 1.54) is 0 Å². The van der Waals surface area contributed by atoms with E-state index < -0.39 is 5.63 Å². The van der Waals surface area contributed by atoms with Gasteiger partial charge in [-0.3, -0.25) is 0 Å². The molecule has 1 N–H and O–H groups in total. The van der Waals surface area contributed by atoms with Crippen molar-refractivity contribution in [2.24, 2.45) is 0 Å². The van der Waals surface area contributed by atoms with Crippen LogP contribution in [0.2, 0.25) is 5.02 Å². The largest absolute Gasteiger partial charge is 0.512 e. The predicted octanol–water partition coefficient (Wildman–Crippen LogP) is 4.07. The van der Waals surface area contributed by atoms with Crippen molar-refractivity contribution in [2.45, 2.75) is 12.8 Å². The van der Waals surface area contributed by atoms with Gasteiger partial charge in [-0.05, 0) is 24.6 Å². The van der Waals surface area contributed by atoms with E-state index in [2.05, 4.69) is 0 Å². The van der Waals surface area contributed by atoms with Crippen molar-refractivity contribution in [3.8, 4) is 0 Å². The second kappa shape index (κ2) is 4.59. The predicted molar refractivity (Wildman–Crippen MR) is 75.4 cm³/mol. The summed E-state index contributed by atoms with van der Waals surface area (Å²) in [6, 6.07) is 6.85. The van der Waals surface area contributed by atoms with Crippen molar-refractivity contribution in [1.29, 1.82) is 0 Å². The maximum atomic E-state index is 12.0. The third kappa shape index (κ3) is 2.17. The average molecular weight is 275 g/mol. The highest BCUT2D eigenvalue weighted by molar-refractivity contribution is 6.31. The van der Waals surface area contributed by atoms with Crippen molar-refractivity contribution in [2.75, 3.05) is 0 Å². The van der Waals surface area contributed by atoms with Gasteiger partial charge in [-0.15, -0.1) is 0 Å². The van der Waals surface area contributed by atoms with Gasteiger partial charge in [-0.25, -0.2) is 4.79 Å². The number of allylic oxidation sites excluding steroid dienone is 4. The molecule has 1 heterocycles. The van der Waals surface area contributed by atoms with Gasteiger partial charge < -0.3 is 9.52 Å². The van der Waals surface area contributed by atoms with Crippen LogP contribution >= 0.6 is 11.6 Å². The van der Waals surface area contributed by atoms with Gasteiger partial charge in [0.15, 0.2) is 0 Å². The molecule has 0 fully saturated rings. The summed E-state index contributed by atoms with van der Waals surface area (Å²) in [4.78, 5) is 12.0. The fraction of sp³-hybridized carbons (Fsp3) is 0.133. The van der Waals surface area contributed by atoms with Crippen LogP contribution in [0.4, 0.5) is 0 Å². The first-order valence-corrected chi connectivity index (χ1v) is 6.35. The van der Waals surface area contributed by atoms with Crippen LogP contribution < -0.4 is 5.63 Å². The van der Waals surface area contributed by atoms with Crippen molar-refractivity contribution >= 4 is 28.1 Å². The second-order valence-corrected chi connectivity index (χ2v) is 4.87. The topological polar surface area (TPSA) is 50.4 Å². The maximum absolute atomic E-state index is 12.0. The van der Waals surface area contributed by atoms with E-state index in [1.807, 2.05) is 6.08 Å². The first kappa shape index (κ1) is 12.1. The van der Waals surface area contributed by atoms with Crippen molar-refractivity contribution < 1.29 is 9.52 Å². The molecule has 0 bridgehead atoms. The number of fused-ring (bicyclic) bond motifs is 1. The molecule has 3 rings (SSSR count). The summed E-state index contributed by atoms with van der Waals surface area (Å²) >= 11 is 5.86. The Balaban J connectivity index is 2.25. The molecule has 1 aliphatic carbocycles. The molecule has 0 radical (unpaired) electrons.